The van der Waals surface area contributed by atoms with Crippen molar-refractivity contribution in [2.24, 2.45) is 5.10 Å². The number of hydrogen-bond donors (Lipinski definition) is 1. The minimum absolute atomic E-state index is 0.175. The summed E-state index contributed by atoms with van der Waals surface area (Å²) < 4.78 is 30.1. The highest BCUT2D eigenvalue weighted by molar-refractivity contribution is 7.89. The van der Waals surface area contributed by atoms with Crippen LogP contribution in [0.1, 0.15) is 44.6 Å². The van der Waals surface area contributed by atoms with E-state index in [-0.39, 0.29) is 4.90 Å². The Labute approximate surface area is 156 Å². The molecular weight excluding hydrogens is 348 g/mol. The van der Waals surface area contributed by atoms with Gasteiger partial charge in [-0.15, -0.1) is 0 Å². The monoisotopic (exact) mass is 374 g/mol. The number of hydrogen-bond acceptors (Lipinski definition) is 4. The van der Waals surface area contributed by atoms with E-state index in [1.54, 1.807) is 18.2 Å². The minimum atomic E-state index is -3.66. The Bertz CT molecular complexity index is 790. The van der Waals surface area contributed by atoms with Gasteiger partial charge in [0.2, 0.25) is 0 Å². The quantitative estimate of drug-likeness (QED) is 0.361. The molecule has 0 bridgehead atoms. The maximum absolute atomic E-state index is 12.1. The third kappa shape index (κ3) is 6.52. The lowest BCUT2D eigenvalue weighted by atomic mass is 10.2. The largest absolute Gasteiger partial charge is 0.493 e. The number of para-hydroxylation sites is 1. The molecule has 0 radical (unpaired) electrons. The second kappa shape index (κ2) is 10.6. The second-order valence-corrected chi connectivity index (χ2v) is 7.63. The minimum Gasteiger partial charge on any atom is -0.493 e. The van der Waals surface area contributed by atoms with E-state index in [0.29, 0.717) is 12.4 Å². The number of rotatable bonds is 11. The summed E-state index contributed by atoms with van der Waals surface area (Å²) >= 11 is 0. The molecule has 0 spiro atoms. The molecule has 2 aromatic rings. The van der Waals surface area contributed by atoms with E-state index < -0.39 is 10.0 Å². The third-order valence-corrected chi connectivity index (χ3v) is 5.09. The Morgan fingerprint density at radius 2 is 1.65 bits per heavy atom. The van der Waals surface area contributed by atoms with E-state index in [1.807, 2.05) is 24.3 Å². The Hall–Kier alpha value is -2.34. The normalized spacial score (nSPS) is 11.6. The van der Waals surface area contributed by atoms with E-state index in [2.05, 4.69) is 16.9 Å². The van der Waals surface area contributed by atoms with Crippen LogP contribution < -0.4 is 9.57 Å². The predicted molar refractivity (Wildman–Crippen MR) is 105 cm³/mol. The molecule has 1 N–H and O–H groups in total. The number of sulfonamides is 1. The van der Waals surface area contributed by atoms with Crippen molar-refractivity contribution in [1.29, 1.82) is 0 Å². The van der Waals surface area contributed by atoms with Crippen LogP contribution in [-0.2, 0) is 10.0 Å². The molecular formula is C20H26N2O3S. The highest BCUT2D eigenvalue weighted by Crippen LogP contribution is 2.17. The molecule has 6 heteroatoms. The molecule has 0 saturated heterocycles. The molecule has 0 heterocycles. The van der Waals surface area contributed by atoms with Crippen molar-refractivity contribution >= 4 is 16.2 Å². The maximum Gasteiger partial charge on any atom is 0.276 e. The molecule has 2 rings (SSSR count). The fourth-order valence-electron chi connectivity index (χ4n) is 2.42. The summed E-state index contributed by atoms with van der Waals surface area (Å²) in [6.45, 7) is 2.84. The van der Waals surface area contributed by atoms with Gasteiger partial charge in [0.1, 0.15) is 5.75 Å². The van der Waals surface area contributed by atoms with Crippen molar-refractivity contribution in [3.8, 4) is 5.75 Å². The van der Waals surface area contributed by atoms with Crippen LogP contribution in [0.25, 0.3) is 0 Å². The van der Waals surface area contributed by atoms with Gasteiger partial charge >= 0.3 is 0 Å². The van der Waals surface area contributed by atoms with Crippen molar-refractivity contribution in [3.05, 3.63) is 60.2 Å². The molecule has 2 aromatic carbocycles. The van der Waals surface area contributed by atoms with Crippen LogP contribution in [0, 0.1) is 0 Å². The van der Waals surface area contributed by atoms with E-state index in [0.717, 1.165) is 18.4 Å². The molecule has 0 unspecified atom stereocenters. The van der Waals surface area contributed by atoms with Crippen molar-refractivity contribution in [2.45, 2.75) is 43.9 Å². The van der Waals surface area contributed by atoms with Gasteiger partial charge < -0.3 is 4.74 Å². The Morgan fingerprint density at radius 1 is 0.962 bits per heavy atom. The topological polar surface area (TPSA) is 67.8 Å². The number of hydrazone groups is 1. The SMILES string of the molecule is CCCCCCCOc1ccccc1/C=N/NS(=O)(=O)c1ccccc1. The average molecular weight is 375 g/mol. The van der Waals surface area contributed by atoms with E-state index in [1.165, 1.54) is 37.6 Å². The molecule has 0 saturated carbocycles. The molecule has 0 aromatic heterocycles. The molecule has 0 aliphatic heterocycles. The summed E-state index contributed by atoms with van der Waals surface area (Å²) in [5, 5.41) is 3.88. The first-order valence-corrected chi connectivity index (χ1v) is 10.4. The molecule has 26 heavy (non-hydrogen) atoms. The van der Waals surface area contributed by atoms with Crippen molar-refractivity contribution in [3.63, 3.8) is 0 Å². The van der Waals surface area contributed by atoms with Gasteiger partial charge in [0.25, 0.3) is 10.0 Å². The summed E-state index contributed by atoms with van der Waals surface area (Å²) in [6, 6.07) is 15.6. The summed E-state index contributed by atoms with van der Waals surface area (Å²) in [6.07, 6.45) is 7.33. The zero-order chi connectivity index (χ0) is 18.7. The van der Waals surface area contributed by atoms with Crippen molar-refractivity contribution in [1.82, 2.24) is 4.83 Å². The molecule has 0 aliphatic rings. The number of unbranched alkanes of at least 4 members (excludes halogenated alkanes) is 4. The van der Waals surface area contributed by atoms with Crippen LogP contribution >= 0.6 is 0 Å². The van der Waals surface area contributed by atoms with Gasteiger partial charge in [0.05, 0.1) is 17.7 Å². The van der Waals surface area contributed by atoms with Crippen LogP contribution in [-0.4, -0.2) is 21.2 Å². The second-order valence-electron chi connectivity index (χ2n) is 5.97. The highest BCUT2D eigenvalue weighted by Gasteiger charge is 2.11. The lowest BCUT2D eigenvalue weighted by molar-refractivity contribution is 0.304. The third-order valence-electron chi connectivity index (χ3n) is 3.85. The van der Waals surface area contributed by atoms with Crippen LogP contribution in [0.4, 0.5) is 0 Å². The Balaban J connectivity index is 1.92. The number of nitrogens with one attached hydrogen (secondary N) is 1. The van der Waals surface area contributed by atoms with Crippen LogP contribution in [0.2, 0.25) is 0 Å². The summed E-state index contributed by atoms with van der Waals surface area (Å²) in [4.78, 5) is 2.40. The van der Waals surface area contributed by atoms with Crippen LogP contribution in [0.5, 0.6) is 5.75 Å². The number of ether oxygens (including phenoxy) is 1. The van der Waals surface area contributed by atoms with Crippen LogP contribution in [0.15, 0.2) is 64.6 Å². The fraction of sp³-hybridized carbons (Fsp3) is 0.350. The van der Waals surface area contributed by atoms with Crippen LogP contribution in [0.3, 0.4) is 0 Å². The number of benzene rings is 2. The molecule has 0 fully saturated rings. The van der Waals surface area contributed by atoms with Gasteiger partial charge in [-0.3, -0.25) is 0 Å². The predicted octanol–water partition coefficient (Wildman–Crippen LogP) is 4.35. The maximum atomic E-state index is 12.1. The van der Waals surface area contributed by atoms with E-state index >= 15 is 0 Å². The smallest absolute Gasteiger partial charge is 0.276 e. The summed E-state index contributed by atoms with van der Waals surface area (Å²) in [5.74, 6) is 0.700. The standard InChI is InChI=1S/C20H26N2O3S/c1-2-3-4-5-11-16-25-20-15-10-9-12-18(20)17-21-22-26(23,24)19-13-7-6-8-14-19/h6-10,12-15,17,22H,2-5,11,16H2,1H3/b21-17+. The first kappa shape index (κ1) is 20.0. The molecule has 140 valence electrons. The van der Waals surface area contributed by atoms with Gasteiger partial charge in [-0.25, -0.2) is 4.83 Å². The lowest BCUT2D eigenvalue weighted by Gasteiger charge is -2.09. The van der Waals surface area contributed by atoms with Gasteiger partial charge in [-0.05, 0) is 30.7 Å². The zero-order valence-corrected chi connectivity index (χ0v) is 15.9. The number of nitrogens with zero attached hydrogens (tertiary/aromatic N) is 1. The zero-order valence-electron chi connectivity index (χ0n) is 15.1. The van der Waals surface area contributed by atoms with E-state index in [9.17, 15) is 8.42 Å². The van der Waals surface area contributed by atoms with Crippen molar-refractivity contribution < 1.29 is 13.2 Å². The fourth-order valence-corrected chi connectivity index (χ4v) is 3.24. The lowest BCUT2D eigenvalue weighted by Crippen LogP contribution is -2.18. The molecule has 5 nitrogen and oxygen atoms in total. The average Bonchev–Trinajstić information content (AvgIpc) is 2.66. The van der Waals surface area contributed by atoms with Gasteiger partial charge in [-0.1, -0.05) is 62.9 Å². The first-order valence-electron chi connectivity index (χ1n) is 8.95. The summed E-state index contributed by atoms with van der Waals surface area (Å²) in [5.41, 5.74) is 0.733. The summed E-state index contributed by atoms with van der Waals surface area (Å²) in [7, 11) is -3.66. The molecule has 0 atom stereocenters. The van der Waals surface area contributed by atoms with Gasteiger partial charge in [-0.2, -0.15) is 13.5 Å². The Kier molecular flexibility index (Phi) is 8.15. The first-order chi connectivity index (χ1) is 12.6. The highest BCUT2D eigenvalue weighted by atomic mass is 32.2. The Morgan fingerprint density at radius 3 is 2.42 bits per heavy atom. The van der Waals surface area contributed by atoms with E-state index in [4.69, 9.17) is 4.74 Å². The van der Waals surface area contributed by atoms with Gasteiger partial charge in [0.15, 0.2) is 0 Å². The molecule has 0 amide bonds. The van der Waals surface area contributed by atoms with Gasteiger partial charge in [0, 0.05) is 5.56 Å². The van der Waals surface area contributed by atoms with Crippen molar-refractivity contribution in [2.75, 3.05) is 6.61 Å². The molecule has 0 aliphatic carbocycles.